The van der Waals surface area contributed by atoms with Crippen LogP contribution in [0.1, 0.15) is 48.0 Å². The van der Waals surface area contributed by atoms with E-state index in [1.165, 1.54) is 24.5 Å². The van der Waals surface area contributed by atoms with Crippen molar-refractivity contribution in [2.45, 2.75) is 37.7 Å². The number of hydrogen-bond acceptors (Lipinski definition) is 4. The largest absolute Gasteiger partial charge is 0.491 e. The monoisotopic (exact) mass is 434 g/mol. The minimum Gasteiger partial charge on any atom is -0.491 e. The van der Waals surface area contributed by atoms with Crippen molar-refractivity contribution in [1.82, 2.24) is 0 Å². The highest BCUT2D eigenvalue weighted by Crippen LogP contribution is 2.44. The van der Waals surface area contributed by atoms with Crippen LogP contribution in [0.5, 0.6) is 23.0 Å². The Bertz CT molecular complexity index is 1060. The third-order valence-electron chi connectivity index (χ3n) is 6.05. The second-order valence-electron chi connectivity index (χ2n) is 8.34. The predicted molar refractivity (Wildman–Crippen MR) is 120 cm³/mol. The third-order valence-corrected chi connectivity index (χ3v) is 6.05. The van der Waals surface area contributed by atoms with Gasteiger partial charge >= 0.3 is 0 Å². The van der Waals surface area contributed by atoms with Gasteiger partial charge in [-0.3, -0.25) is 0 Å². The van der Waals surface area contributed by atoms with Gasteiger partial charge in [0.2, 0.25) is 0 Å². The second kappa shape index (κ2) is 9.21. The highest BCUT2D eigenvalue weighted by atomic mass is 19.1. The minimum atomic E-state index is -0.308. The van der Waals surface area contributed by atoms with Crippen molar-refractivity contribution in [2.24, 2.45) is 0 Å². The van der Waals surface area contributed by atoms with E-state index in [4.69, 9.17) is 18.9 Å². The van der Waals surface area contributed by atoms with E-state index in [0.29, 0.717) is 42.6 Å². The Labute approximate surface area is 187 Å². The molecule has 166 valence electrons. The van der Waals surface area contributed by atoms with E-state index >= 15 is 0 Å². The van der Waals surface area contributed by atoms with Crippen LogP contribution in [0, 0.1) is 5.82 Å². The van der Waals surface area contributed by atoms with E-state index < -0.39 is 0 Å². The number of halogens is 1. The number of hydrogen-bond donors (Lipinski definition) is 0. The van der Waals surface area contributed by atoms with Crippen LogP contribution in [0.25, 0.3) is 0 Å². The summed E-state index contributed by atoms with van der Waals surface area (Å²) < 4.78 is 37.6. The van der Waals surface area contributed by atoms with Gasteiger partial charge in [-0.2, -0.15) is 0 Å². The molecule has 1 saturated carbocycles. The fourth-order valence-corrected chi connectivity index (χ4v) is 4.23. The lowest BCUT2D eigenvalue weighted by atomic mass is 10.1. The third kappa shape index (κ3) is 4.58. The second-order valence-corrected chi connectivity index (χ2v) is 8.34. The van der Waals surface area contributed by atoms with Gasteiger partial charge in [0.15, 0.2) is 0 Å². The summed E-state index contributed by atoms with van der Waals surface area (Å²) in [7, 11) is 1.64. The molecular weight excluding hydrogens is 407 g/mol. The van der Waals surface area contributed by atoms with E-state index in [0.717, 1.165) is 23.5 Å². The van der Waals surface area contributed by atoms with E-state index in [9.17, 15) is 4.39 Å². The average molecular weight is 435 g/mol. The number of rotatable bonds is 9. The number of ether oxygens (including phenoxy) is 4. The van der Waals surface area contributed by atoms with Crippen molar-refractivity contribution >= 4 is 0 Å². The van der Waals surface area contributed by atoms with Crippen LogP contribution in [-0.2, 0) is 11.2 Å². The van der Waals surface area contributed by atoms with Crippen LogP contribution in [0.2, 0.25) is 0 Å². The van der Waals surface area contributed by atoms with E-state index in [2.05, 4.69) is 12.1 Å². The van der Waals surface area contributed by atoms with Crippen molar-refractivity contribution in [2.75, 3.05) is 20.3 Å². The number of benzene rings is 3. The first-order valence-corrected chi connectivity index (χ1v) is 11.2. The zero-order valence-electron chi connectivity index (χ0n) is 18.2. The summed E-state index contributed by atoms with van der Waals surface area (Å²) in [6, 6.07) is 18.8. The van der Waals surface area contributed by atoms with Crippen LogP contribution in [-0.4, -0.2) is 20.3 Å². The van der Waals surface area contributed by atoms with Gasteiger partial charge < -0.3 is 18.9 Å². The molecule has 5 heteroatoms. The van der Waals surface area contributed by atoms with Crippen LogP contribution < -0.4 is 14.2 Å². The molecule has 0 heterocycles. The van der Waals surface area contributed by atoms with Crippen LogP contribution in [0.4, 0.5) is 4.39 Å². The Hall–Kier alpha value is -3.05. The van der Waals surface area contributed by atoms with E-state index in [1.807, 2.05) is 36.4 Å². The molecule has 0 bridgehead atoms. The first-order valence-electron chi connectivity index (χ1n) is 11.2. The SMILES string of the molecule is COCCOc1ccc(Oc2ccc(F)c3c2CCC3Oc2ccc(C3CC3)cc2)cc1. The van der Waals surface area contributed by atoms with Crippen molar-refractivity contribution in [3.63, 3.8) is 0 Å². The van der Waals surface area contributed by atoms with Gasteiger partial charge in [0.05, 0.1) is 6.61 Å². The molecular formula is C27H27FO4. The fraction of sp³-hybridized carbons (Fsp3) is 0.333. The van der Waals surface area contributed by atoms with Crippen molar-refractivity contribution in [3.05, 3.63) is 83.2 Å². The smallest absolute Gasteiger partial charge is 0.131 e. The summed E-state index contributed by atoms with van der Waals surface area (Å²) in [5.74, 6) is 3.34. The Kier molecular flexibility index (Phi) is 5.99. The Balaban J connectivity index is 1.29. The molecule has 0 aromatic heterocycles. The van der Waals surface area contributed by atoms with Crippen LogP contribution >= 0.6 is 0 Å². The topological polar surface area (TPSA) is 36.9 Å². The molecule has 3 aromatic carbocycles. The van der Waals surface area contributed by atoms with Gasteiger partial charge in [-0.15, -0.1) is 0 Å². The first kappa shape index (κ1) is 20.8. The van der Waals surface area contributed by atoms with Gasteiger partial charge in [-0.1, -0.05) is 12.1 Å². The molecule has 1 unspecified atom stereocenters. The van der Waals surface area contributed by atoms with Crippen LogP contribution in [0.15, 0.2) is 60.7 Å². The van der Waals surface area contributed by atoms with Crippen molar-refractivity contribution in [1.29, 1.82) is 0 Å². The summed E-state index contributed by atoms with van der Waals surface area (Å²) >= 11 is 0. The van der Waals surface area contributed by atoms with Crippen molar-refractivity contribution in [3.8, 4) is 23.0 Å². The summed E-state index contributed by atoms with van der Waals surface area (Å²) in [6.45, 7) is 1.03. The Morgan fingerprint density at radius 2 is 1.53 bits per heavy atom. The Morgan fingerprint density at radius 3 is 2.25 bits per heavy atom. The maximum atomic E-state index is 14.8. The summed E-state index contributed by atoms with van der Waals surface area (Å²) in [5, 5.41) is 0. The fourth-order valence-electron chi connectivity index (χ4n) is 4.23. The minimum absolute atomic E-state index is 0.244. The standard InChI is InChI=1S/C27H27FO4/c1-29-16-17-30-20-8-10-22(11-9-20)31-25-15-13-24(28)27-23(25)12-14-26(27)32-21-6-4-19(5-7-21)18-2-3-18/h4-11,13,15,18,26H,2-3,12,14,16-17H2,1H3. The molecule has 0 saturated heterocycles. The maximum absolute atomic E-state index is 14.8. The quantitative estimate of drug-likeness (QED) is 0.356. The molecule has 4 nitrogen and oxygen atoms in total. The number of methoxy groups -OCH3 is 1. The number of fused-ring (bicyclic) bond motifs is 1. The lowest BCUT2D eigenvalue weighted by molar-refractivity contribution is 0.146. The van der Waals surface area contributed by atoms with Gasteiger partial charge in [-0.05, 0) is 85.7 Å². The molecule has 1 atom stereocenters. The van der Waals surface area contributed by atoms with Crippen molar-refractivity contribution < 1.29 is 23.3 Å². The summed E-state index contributed by atoms with van der Waals surface area (Å²) in [5.41, 5.74) is 2.85. The molecule has 0 spiro atoms. The summed E-state index contributed by atoms with van der Waals surface area (Å²) in [4.78, 5) is 0. The molecule has 2 aliphatic carbocycles. The molecule has 1 fully saturated rings. The normalized spacial score (nSPS) is 17.1. The Morgan fingerprint density at radius 1 is 0.812 bits per heavy atom. The lowest BCUT2D eigenvalue weighted by Gasteiger charge is -2.17. The highest BCUT2D eigenvalue weighted by molar-refractivity contribution is 5.48. The zero-order valence-corrected chi connectivity index (χ0v) is 18.2. The van der Waals surface area contributed by atoms with Gasteiger partial charge in [0.1, 0.15) is 41.5 Å². The first-order chi connectivity index (χ1) is 15.7. The molecule has 3 aromatic rings. The van der Waals surface area contributed by atoms with Gasteiger partial charge in [0, 0.05) is 18.2 Å². The van der Waals surface area contributed by atoms with Crippen LogP contribution in [0.3, 0.4) is 0 Å². The van der Waals surface area contributed by atoms with Gasteiger partial charge in [0.25, 0.3) is 0 Å². The molecule has 0 aliphatic heterocycles. The van der Waals surface area contributed by atoms with E-state index in [-0.39, 0.29) is 11.9 Å². The highest BCUT2D eigenvalue weighted by Gasteiger charge is 2.31. The lowest BCUT2D eigenvalue weighted by Crippen LogP contribution is -2.06. The van der Waals surface area contributed by atoms with E-state index in [1.54, 1.807) is 13.2 Å². The average Bonchev–Trinajstić information content (AvgIpc) is 3.58. The maximum Gasteiger partial charge on any atom is 0.131 e. The molecule has 0 radical (unpaired) electrons. The summed E-state index contributed by atoms with van der Waals surface area (Å²) in [6.07, 6.45) is 3.67. The molecule has 5 rings (SSSR count). The zero-order chi connectivity index (χ0) is 21.9. The molecule has 32 heavy (non-hydrogen) atoms. The molecule has 0 N–H and O–H groups in total. The molecule has 2 aliphatic rings. The van der Waals surface area contributed by atoms with Gasteiger partial charge in [-0.25, -0.2) is 4.39 Å². The predicted octanol–water partition coefficient (Wildman–Crippen LogP) is 6.59. The molecule has 0 amide bonds.